The fourth-order valence-corrected chi connectivity index (χ4v) is 2.51. The van der Waals surface area contributed by atoms with Crippen LogP contribution in [0.15, 0.2) is 46.9 Å². The molecule has 0 spiro atoms. The van der Waals surface area contributed by atoms with Gasteiger partial charge >= 0.3 is 0 Å². The largest absolute Gasteiger partial charge is 0.387 e. The molecule has 1 amide bonds. The van der Waals surface area contributed by atoms with E-state index in [9.17, 15) is 4.79 Å². The summed E-state index contributed by atoms with van der Waals surface area (Å²) in [5.74, 6) is -0.123. The van der Waals surface area contributed by atoms with Gasteiger partial charge in [0, 0.05) is 22.9 Å². The first-order chi connectivity index (χ1) is 9.10. The van der Waals surface area contributed by atoms with Gasteiger partial charge in [0.1, 0.15) is 0 Å². The van der Waals surface area contributed by atoms with Gasteiger partial charge in [-0.3, -0.25) is 4.79 Å². The highest BCUT2D eigenvalue weighted by Gasteiger charge is 2.10. The molecule has 19 heavy (non-hydrogen) atoms. The summed E-state index contributed by atoms with van der Waals surface area (Å²) in [4.78, 5) is 12.2. The molecule has 3 nitrogen and oxygen atoms in total. The van der Waals surface area contributed by atoms with Crippen LogP contribution in [0.2, 0.25) is 0 Å². The normalized spacial score (nSPS) is 10.1. The van der Waals surface area contributed by atoms with E-state index in [0.717, 1.165) is 21.4 Å². The molecule has 0 heterocycles. The summed E-state index contributed by atoms with van der Waals surface area (Å²) in [7, 11) is 1.80. The van der Waals surface area contributed by atoms with Gasteiger partial charge in [-0.25, -0.2) is 0 Å². The molecule has 0 saturated carbocycles. The Bertz CT molecular complexity index is 591. The lowest BCUT2D eigenvalue weighted by Gasteiger charge is -2.10. The molecule has 0 aliphatic carbocycles. The van der Waals surface area contributed by atoms with E-state index in [0.29, 0.717) is 5.56 Å². The Morgan fingerprint density at radius 1 is 1.16 bits per heavy atom. The Hall–Kier alpha value is -1.81. The van der Waals surface area contributed by atoms with Gasteiger partial charge < -0.3 is 10.6 Å². The molecule has 0 atom stereocenters. The average Bonchev–Trinajstić information content (AvgIpc) is 2.37. The summed E-state index contributed by atoms with van der Waals surface area (Å²) in [5, 5.41) is 5.92. The van der Waals surface area contributed by atoms with Crippen LogP contribution in [-0.2, 0) is 0 Å². The Morgan fingerprint density at radius 3 is 2.58 bits per heavy atom. The van der Waals surface area contributed by atoms with Crippen molar-refractivity contribution in [1.29, 1.82) is 0 Å². The number of rotatable bonds is 3. The number of hydrogen-bond donors (Lipinski definition) is 2. The summed E-state index contributed by atoms with van der Waals surface area (Å²) in [6, 6.07) is 13.2. The summed E-state index contributed by atoms with van der Waals surface area (Å²) < 4.78 is 0.949. The number of para-hydroxylation sites is 1. The number of halogens is 1. The van der Waals surface area contributed by atoms with E-state index >= 15 is 0 Å². The van der Waals surface area contributed by atoms with Crippen molar-refractivity contribution in [1.82, 2.24) is 0 Å². The van der Waals surface area contributed by atoms with Crippen molar-refractivity contribution in [3.63, 3.8) is 0 Å². The molecule has 2 N–H and O–H groups in total. The van der Waals surface area contributed by atoms with Crippen molar-refractivity contribution in [2.24, 2.45) is 0 Å². The van der Waals surface area contributed by atoms with Gasteiger partial charge in [-0.05, 0) is 42.8 Å². The van der Waals surface area contributed by atoms with Crippen molar-refractivity contribution >= 4 is 33.2 Å². The molecule has 0 fully saturated rings. The minimum absolute atomic E-state index is 0.123. The first-order valence-corrected chi connectivity index (χ1v) is 6.75. The van der Waals surface area contributed by atoms with Crippen molar-refractivity contribution in [2.75, 3.05) is 17.7 Å². The van der Waals surface area contributed by atoms with E-state index in [-0.39, 0.29) is 5.91 Å². The molecule has 2 aromatic carbocycles. The van der Waals surface area contributed by atoms with Gasteiger partial charge in [0.05, 0.1) is 5.56 Å². The molecule has 0 unspecified atom stereocenters. The van der Waals surface area contributed by atoms with Crippen molar-refractivity contribution < 1.29 is 4.79 Å². The lowest BCUT2D eigenvalue weighted by Crippen LogP contribution is -2.14. The predicted molar refractivity (Wildman–Crippen MR) is 82.8 cm³/mol. The van der Waals surface area contributed by atoms with Gasteiger partial charge in [-0.1, -0.05) is 28.1 Å². The maximum atomic E-state index is 12.2. The Labute approximate surface area is 121 Å². The highest BCUT2D eigenvalue weighted by Crippen LogP contribution is 2.21. The van der Waals surface area contributed by atoms with Gasteiger partial charge in [-0.2, -0.15) is 0 Å². The standard InChI is InChI=1S/C15H15BrN2O/c1-10-7-11(16)9-12(8-10)18-15(19)13-5-3-4-6-14(13)17-2/h3-9,17H,1-2H3,(H,18,19). The summed E-state index contributed by atoms with van der Waals surface area (Å²) >= 11 is 3.42. The molecule has 0 aliphatic heterocycles. The fourth-order valence-electron chi connectivity index (χ4n) is 1.91. The van der Waals surface area contributed by atoms with E-state index in [1.165, 1.54) is 0 Å². The average molecular weight is 319 g/mol. The van der Waals surface area contributed by atoms with Crippen LogP contribution in [-0.4, -0.2) is 13.0 Å². The molecule has 0 saturated heterocycles. The van der Waals surface area contributed by atoms with Gasteiger partial charge in [0.15, 0.2) is 0 Å². The maximum absolute atomic E-state index is 12.2. The quantitative estimate of drug-likeness (QED) is 0.896. The number of amides is 1. The second-order valence-corrected chi connectivity index (χ2v) is 5.18. The van der Waals surface area contributed by atoms with Crippen LogP contribution in [0.1, 0.15) is 15.9 Å². The number of nitrogens with one attached hydrogen (secondary N) is 2. The second-order valence-electron chi connectivity index (χ2n) is 4.27. The highest BCUT2D eigenvalue weighted by molar-refractivity contribution is 9.10. The number of aryl methyl sites for hydroxylation is 1. The lowest BCUT2D eigenvalue weighted by molar-refractivity contribution is 0.102. The first-order valence-electron chi connectivity index (χ1n) is 5.95. The molecule has 0 aliphatic rings. The van der Waals surface area contributed by atoms with Crippen LogP contribution in [0.3, 0.4) is 0 Å². The molecule has 0 radical (unpaired) electrons. The second kappa shape index (κ2) is 5.89. The summed E-state index contributed by atoms with van der Waals surface area (Å²) in [6.45, 7) is 1.99. The zero-order valence-corrected chi connectivity index (χ0v) is 12.4. The zero-order chi connectivity index (χ0) is 13.8. The number of anilines is 2. The molecular formula is C15H15BrN2O. The Balaban J connectivity index is 2.25. The number of carbonyl (C=O) groups is 1. The van der Waals surface area contributed by atoms with Crippen molar-refractivity contribution in [3.05, 3.63) is 58.1 Å². The van der Waals surface area contributed by atoms with Crippen molar-refractivity contribution in [2.45, 2.75) is 6.92 Å². The van der Waals surface area contributed by atoms with Crippen LogP contribution in [0, 0.1) is 6.92 Å². The predicted octanol–water partition coefficient (Wildman–Crippen LogP) is 4.05. The smallest absolute Gasteiger partial charge is 0.257 e. The SMILES string of the molecule is CNc1ccccc1C(=O)Nc1cc(C)cc(Br)c1. The molecule has 2 aromatic rings. The van der Waals surface area contributed by atoms with E-state index in [1.807, 2.05) is 43.3 Å². The Kier molecular flexibility index (Phi) is 4.22. The van der Waals surface area contributed by atoms with Gasteiger partial charge in [0.25, 0.3) is 5.91 Å². The third kappa shape index (κ3) is 3.35. The monoisotopic (exact) mass is 318 g/mol. The molecular weight excluding hydrogens is 304 g/mol. The van der Waals surface area contributed by atoms with E-state index in [4.69, 9.17) is 0 Å². The van der Waals surface area contributed by atoms with E-state index in [1.54, 1.807) is 13.1 Å². The third-order valence-corrected chi connectivity index (χ3v) is 3.20. The maximum Gasteiger partial charge on any atom is 0.257 e. The molecule has 0 aromatic heterocycles. The van der Waals surface area contributed by atoms with Gasteiger partial charge in [0.2, 0.25) is 0 Å². The number of hydrogen-bond acceptors (Lipinski definition) is 2. The van der Waals surface area contributed by atoms with Crippen LogP contribution >= 0.6 is 15.9 Å². The topological polar surface area (TPSA) is 41.1 Å². The third-order valence-electron chi connectivity index (χ3n) is 2.74. The zero-order valence-electron chi connectivity index (χ0n) is 10.8. The molecule has 4 heteroatoms. The fraction of sp³-hybridized carbons (Fsp3) is 0.133. The van der Waals surface area contributed by atoms with Crippen molar-refractivity contribution in [3.8, 4) is 0 Å². The van der Waals surface area contributed by atoms with Gasteiger partial charge in [-0.15, -0.1) is 0 Å². The summed E-state index contributed by atoms with van der Waals surface area (Å²) in [5.41, 5.74) is 3.31. The van der Waals surface area contributed by atoms with Crippen LogP contribution in [0.25, 0.3) is 0 Å². The molecule has 98 valence electrons. The Morgan fingerprint density at radius 2 is 1.89 bits per heavy atom. The first kappa shape index (κ1) is 13.6. The highest BCUT2D eigenvalue weighted by atomic mass is 79.9. The minimum atomic E-state index is -0.123. The molecule has 0 bridgehead atoms. The summed E-state index contributed by atoms with van der Waals surface area (Å²) in [6.07, 6.45) is 0. The molecule has 2 rings (SSSR count). The lowest BCUT2D eigenvalue weighted by atomic mass is 10.1. The number of carbonyl (C=O) groups excluding carboxylic acids is 1. The van der Waals surface area contributed by atoms with E-state index in [2.05, 4.69) is 26.6 Å². The van der Waals surface area contributed by atoms with Crippen LogP contribution in [0.5, 0.6) is 0 Å². The minimum Gasteiger partial charge on any atom is -0.387 e. The number of benzene rings is 2. The van der Waals surface area contributed by atoms with E-state index < -0.39 is 0 Å². The van der Waals surface area contributed by atoms with Crippen LogP contribution in [0.4, 0.5) is 11.4 Å². The van der Waals surface area contributed by atoms with Crippen LogP contribution < -0.4 is 10.6 Å².